The molecule has 4 heterocycles. The SMILES string of the molecule is c1ccc(C(=C(c2cccc(N3CN(c4ccccc4)c4ccncc43)c2)c2ccc3c4ccccc4n(-c4ccccn4)c3c2)c2ccccc2)cc1. The Morgan fingerprint density at radius 1 is 0.426 bits per heavy atom. The van der Waals surface area contributed by atoms with E-state index in [2.05, 4.69) is 195 Å². The fraction of sp³-hybridized carbons (Fsp3) is 0.0204. The fourth-order valence-corrected chi connectivity index (χ4v) is 7.97. The summed E-state index contributed by atoms with van der Waals surface area (Å²) in [7, 11) is 0. The first-order chi connectivity index (χ1) is 26.8. The molecule has 6 aromatic carbocycles. The second kappa shape index (κ2) is 13.4. The van der Waals surface area contributed by atoms with Crippen molar-refractivity contribution >= 4 is 55.7 Å². The third-order valence-electron chi connectivity index (χ3n) is 10.4. The summed E-state index contributed by atoms with van der Waals surface area (Å²) in [6.45, 7) is 0.675. The van der Waals surface area contributed by atoms with Gasteiger partial charge >= 0.3 is 0 Å². The highest BCUT2D eigenvalue weighted by Gasteiger charge is 2.29. The number of para-hydroxylation sites is 2. The van der Waals surface area contributed by atoms with Gasteiger partial charge in [-0.3, -0.25) is 9.55 Å². The zero-order valence-electron chi connectivity index (χ0n) is 29.5. The Morgan fingerprint density at radius 3 is 1.80 bits per heavy atom. The van der Waals surface area contributed by atoms with Crippen LogP contribution in [0.3, 0.4) is 0 Å². The van der Waals surface area contributed by atoms with Gasteiger partial charge in [-0.05, 0) is 88.0 Å². The van der Waals surface area contributed by atoms with E-state index in [1.165, 1.54) is 16.3 Å². The molecule has 1 aliphatic rings. The predicted octanol–water partition coefficient (Wildman–Crippen LogP) is 11.8. The first kappa shape index (κ1) is 31.5. The van der Waals surface area contributed by atoms with Crippen molar-refractivity contribution in [3.63, 3.8) is 0 Å². The van der Waals surface area contributed by atoms with Crippen LogP contribution in [0, 0.1) is 0 Å². The monoisotopic (exact) mass is 693 g/mol. The van der Waals surface area contributed by atoms with Gasteiger partial charge in [0.2, 0.25) is 0 Å². The van der Waals surface area contributed by atoms with Crippen molar-refractivity contribution < 1.29 is 0 Å². The number of benzene rings is 6. The fourth-order valence-electron chi connectivity index (χ4n) is 7.97. The van der Waals surface area contributed by atoms with E-state index in [0.717, 1.165) is 67.4 Å². The number of aromatic nitrogens is 3. The van der Waals surface area contributed by atoms with Gasteiger partial charge in [0.1, 0.15) is 12.5 Å². The molecule has 0 radical (unpaired) electrons. The van der Waals surface area contributed by atoms with Gasteiger partial charge in [-0.25, -0.2) is 4.98 Å². The molecule has 0 amide bonds. The average Bonchev–Trinajstić information content (AvgIpc) is 3.80. The lowest BCUT2D eigenvalue weighted by molar-refractivity contribution is 0.990. The molecule has 1 aliphatic heterocycles. The normalized spacial score (nSPS) is 12.3. The van der Waals surface area contributed by atoms with Crippen LogP contribution in [0.5, 0.6) is 0 Å². The summed E-state index contributed by atoms with van der Waals surface area (Å²) in [5.74, 6) is 0.893. The molecule has 0 saturated heterocycles. The van der Waals surface area contributed by atoms with Crippen molar-refractivity contribution in [1.82, 2.24) is 14.5 Å². The molecule has 5 nitrogen and oxygen atoms in total. The zero-order valence-corrected chi connectivity index (χ0v) is 29.5. The van der Waals surface area contributed by atoms with Crippen molar-refractivity contribution in [3.8, 4) is 5.82 Å². The van der Waals surface area contributed by atoms with Gasteiger partial charge in [0.05, 0.1) is 28.6 Å². The van der Waals surface area contributed by atoms with Crippen LogP contribution >= 0.6 is 0 Å². The number of hydrogen-bond acceptors (Lipinski definition) is 4. The van der Waals surface area contributed by atoms with Gasteiger partial charge in [0.25, 0.3) is 0 Å². The molecule has 0 fully saturated rings. The van der Waals surface area contributed by atoms with Crippen LogP contribution in [0.4, 0.5) is 22.7 Å². The third-order valence-corrected chi connectivity index (χ3v) is 10.4. The number of pyridine rings is 2. The van der Waals surface area contributed by atoms with E-state index in [9.17, 15) is 0 Å². The summed E-state index contributed by atoms with van der Waals surface area (Å²) in [6, 6.07) is 64.8. The largest absolute Gasteiger partial charge is 0.321 e. The van der Waals surface area contributed by atoms with Crippen LogP contribution in [0.25, 0.3) is 38.8 Å². The zero-order chi connectivity index (χ0) is 35.8. The number of rotatable bonds is 7. The molecular formula is C49H35N5. The minimum absolute atomic E-state index is 0.675. The summed E-state index contributed by atoms with van der Waals surface area (Å²) in [6.07, 6.45) is 5.72. The maximum atomic E-state index is 4.82. The van der Waals surface area contributed by atoms with Crippen LogP contribution < -0.4 is 9.80 Å². The minimum Gasteiger partial charge on any atom is -0.321 e. The van der Waals surface area contributed by atoms with Crippen molar-refractivity contribution in [2.24, 2.45) is 0 Å². The number of nitrogens with zero attached hydrogens (tertiary/aromatic N) is 5. The molecule has 0 unspecified atom stereocenters. The second-order valence-corrected chi connectivity index (χ2v) is 13.5. The molecule has 3 aromatic heterocycles. The van der Waals surface area contributed by atoms with Crippen LogP contribution in [0.1, 0.15) is 22.3 Å². The highest BCUT2D eigenvalue weighted by molar-refractivity contribution is 6.12. The predicted molar refractivity (Wildman–Crippen MR) is 223 cm³/mol. The molecule has 0 N–H and O–H groups in total. The van der Waals surface area contributed by atoms with Gasteiger partial charge in [-0.1, -0.05) is 127 Å². The maximum absolute atomic E-state index is 4.82. The molecule has 10 rings (SSSR count). The van der Waals surface area contributed by atoms with Crippen molar-refractivity contribution in [1.29, 1.82) is 0 Å². The standard InChI is InChI=1S/C49H35N5/c1-4-15-35(16-5-1)48(36-17-6-2-7-18-36)49(38-26-27-42-41-23-10-11-24-43(41)54(45(42)32-38)47-25-12-13-29-51-47)37-19-14-22-40(31-37)53-34-52(39-20-8-3-9-21-39)44-28-30-50-33-46(44)53/h1-33H,34H2. The first-order valence-electron chi connectivity index (χ1n) is 18.3. The number of hydrogen-bond donors (Lipinski definition) is 0. The van der Waals surface area contributed by atoms with E-state index in [4.69, 9.17) is 4.98 Å². The first-order valence-corrected chi connectivity index (χ1v) is 18.3. The summed E-state index contributed by atoms with van der Waals surface area (Å²) >= 11 is 0. The Hall–Kier alpha value is -7.24. The van der Waals surface area contributed by atoms with Crippen LogP contribution in [-0.2, 0) is 0 Å². The molecule has 54 heavy (non-hydrogen) atoms. The van der Waals surface area contributed by atoms with Gasteiger partial charge < -0.3 is 9.80 Å². The summed E-state index contributed by atoms with van der Waals surface area (Å²) in [5.41, 5.74) is 13.6. The smallest absolute Gasteiger partial charge is 0.137 e. The van der Waals surface area contributed by atoms with Crippen LogP contribution in [0.15, 0.2) is 201 Å². The third kappa shape index (κ3) is 5.42. The highest BCUT2D eigenvalue weighted by atomic mass is 15.4. The lowest BCUT2D eigenvalue weighted by Crippen LogP contribution is -2.23. The molecule has 0 spiro atoms. The van der Waals surface area contributed by atoms with Gasteiger partial charge in [-0.15, -0.1) is 0 Å². The number of anilines is 4. The molecule has 0 aliphatic carbocycles. The summed E-state index contributed by atoms with van der Waals surface area (Å²) < 4.78 is 2.29. The van der Waals surface area contributed by atoms with Crippen molar-refractivity contribution in [3.05, 3.63) is 223 Å². The number of fused-ring (bicyclic) bond motifs is 4. The molecule has 9 aromatic rings. The molecule has 0 bridgehead atoms. The topological polar surface area (TPSA) is 37.2 Å². The molecule has 0 saturated carbocycles. The second-order valence-electron chi connectivity index (χ2n) is 13.5. The molecule has 5 heteroatoms. The lowest BCUT2D eigenvalue weighted by Gasteiger charge is -2.23. The molecule has 0 atom stereocenters. The minimum atomic E-state index is 0.675. The Balaban J connectivity index is 1.22. The van der Waals surface area contributed by atoms with Crippen LogP contribution in [-0.4, -0.2) is 21.2 Å². The van der Waals surface area contributed by atoms with Gasteiger partial charge in [0, 0.05) is 34.5 Å². The summed E-state index contributed by atoms with van der Waals surface area (Å²) in [4.78, 5) is 14.1. The van der Waals surface area contributed by atoms with Gasteiger partial charge in [-0.2, -0.15) is 0 Å². The van der Waals surface area contributed by atoms with Crippen molar-refractivity contribution in [2.75, 3.05) is 16.5 Å². The van der Waals surface area contributed by atoms with E-state index < -0.39 is 0 Å². The average molecular weight is 694 g/mol. The Labute approximate surface area is 314 Å². The van der Waals surface area contributed by atoms with E-state index in [1.807, 2.05) is 24.7 Å². The Kier molecular flexibility index (Phi) is 7.81. The van der Waals surface area contributed by atoms with Gasteiger partial charge in [0.15, 0.2) is 0 Å². The van der Waals surface area contributed by atoms with Crippen molar-refractivity contribution in [2.45, 2.75) is 0 Å². The quantitative estimate of drug-likeness (QED) is 0.156. The van der Waals surface area contributed by atoms with E-state index >= 15 is 0 Å². The lowest BCUT2D eigenvalue weighted by atomic mass is 9.85. The Bertz CT molecular complexity index is 2750. The van der Waals surface area contributed by atoms with E-state index in [0.29, 0.717) is 6.67 Å². The van der Waals surface area contributed by atoms with Crippen LogP contribution in [0.2, 0.25) is 0 Å². The van der Waals surface area contributed by atoms with E-state index in [-0.39, 0.29) is 0 Å². The highest BCUT2D eigenvalue weighted by Crippen LogP contribution is 2.45. The molecular weight excluding hydrogens is 659 g/mol. The maximum Gasteiger partial charge on any atom is 0.137 e. The van der Waals surface area contributed by atoms with E-state index in [1.54, 1.807) is 0 Å². The molecule has 256 valence electrons. The Morgan fingerprint density at radius 2 is 1.04 bits per heavy atom. The summed E-state index contributed by atoms with van der Waals surface area (Å²) in [5, 5.41) is 2.39.